The van der Waals surface area contributed by atoms with Gasteiger partial charge in [0.15, 0.2) is 0 Å². The molecule has 1 aromatic carbocycles. The maximum Gasteiger partial charge on any atom is 0.222 e. The molecule has 1 amide bonds. The highest BCUT2D eigenvalue weighted by Crippen LogP contribution is 2.32. The summed E-state index contributed by atoms with van der Waals surface area (Å²) in [7, 11) is 1.92. The van der Waals surface area contributed by atoms with E-state index in [4.69, 9.17) is 4.52 Å². The van der Waals surface area contributed by atoms with Gasteiger partial charge in [-0.05, 0) is 38.0 Å². The van der Waals surface area contributed by atoms with Gasteiger partial charge < -0.3 is 14.7 Å². The monoisotopic (exact) mass is 367 g/mol. The minimum absolute atomic E-state index is 0.281. The zero-order valence-electron chi connectivity index (χ0n) is 16.1. The van der Waals surface area contributed by atoms with Crippen LogP contribution in [0.1, 0.15) is 44.3 Å². The van der Waals surface area contributed by atoms with E-state index < -0.39 is 0 Å². The molecule has 5 nitrogen and oxygen atoms in total. The molecule has 27 heavy (non-hydrogen) atoms. The number of fused-ring (bicyclic) bond motifs is 2. The van der Waals surface area contributed by atoms with Crippen LogP contribution in [0.15, 0.2) is 40.9 Å². The Morgan fingerprint density at radius 1 is 1.22 bits per heavy atom. The standard InChI is InChI=1S/C22H29N3O2/c1-25(22(26)14-16-12-18-9-10-19(13-16)23-18)11-5-8-20-15-21(24-27-20)17-6-3-2-4-7-17/h2-4,6-7,15-16,18-19,23H,5,8-14H2,1H3. The predicted molar refractivity (Wildman–Crippen MR) is 105 cm³/mol. The molecule has 0 aliphatic carbocycles. The van der Waals surface area contributed by atoms with Crippen LogP contribution in [0.2, 0.25) is 0 Å². The first-order valence-corrected chi connectivity index (χ1v) is 10.2. The Morgan fingerprint density at radius 2 is 1.96 bits per heavy atom. The highest BCUT2D eigenvalue weighted by atomic mass is 16.5. The second-order valence-corrected chi connectivity index (χ2v) is 8.14. The molecule has 2 aliphatic rings. The van der Waals surface area contributed by atoms with E-state index in [1.165, 1.54) is 12.8 Å². The summed E-state index contributed by atoms with van der Waals surface area (Å²) in [5.41, 5.74) is 1.94. The van der Waals surface area contributed by atoms with Gasteiger partial charge in [-0.1, -0.05) is 35.5 Å². The normalized spacial score (nSPS) is 24.1. The summed E-state index contributed by atoms with van der Waals surface area (Å²) < 4.78 is 5.45. The van der Waals surface area contributed by atoms with Crippen molar-refractivity contribution in [3.8, 4) is 11.3 Å². The average molecular weight is 367 g/mol. The van der Waals surface area contributed by atoms with Gasteiger partial charge in [0, 0.05) is 50.1 Å². The summed E-state index contributed by atoms with van der Waals surface area (Å²) in [6.07, 6.45) is 7.29. The molecule has 0 radical (unpaired) electrons. The summed E-state index contributed by atoms with van der Waals surface area (Å²) in [5, 5.41) is 7.80. The van der Waals surface area contributed by atoms with Gasteiger partial charge in [0.25, 0.3) is 0 Å². The number of aryl methyl sites for hydroxylation is 1. The molecule has 2 atom stereocenters. The minimum Gasteiger partial charge on any atom is -0.361 e. The van der Waals surface area contributed by atoms with Crippen LogP contribution in [-0.4, -0.2) is 41.6 Å². The van der Waals surface area contributed by atoms with Gasteiger partial charge in [-0.15, -0.1) is 0 Å². The number of nitrogens with one attached hydrogen (secondary N) is 1. The van der Waals surface area contributed by atoms with Crippen molar-refractivity contribution in [2.45, 2.75) is 57.0 Å². The van der Waals surface area contributed by atoms with Crippen molar-refractivity contribution in [2.24, 2.45) is 5.92 Å². The first-order chi connectivity index (χ1) is 13.2. The quantitative estimate of drug-likeness (QED) is 0.811. The number of carbonyl (C=O) groups excluding carboxylic acids is 1. The largest absolute Gasteiger partial charge is 0.361 e. The lowest BCUT2D eigenvalue weighted by atomic mass is 9.89. The molecule has 0 saturated carbocycles. The predicted octanol–water partition coefficient (Wildman–Crippen LogP) is 3.65. The van der Waals surface area contributed by atoms with Crippen molar-refractivity contribution in [1.29, 1.82) is 0 Å². The van der Waals surface area contributed by atoms with Crippen LogP contribution in [0.5, 0.6) is 0 Å². The van der Waals surface area contributed by atoms with E-state index in [2.05, 4.69) is 10.5 Å². The first kappa shape index (κ1) is 18.2. The first-order valence-electron chi connectivity index (χ1n) is 10.2. The molecule has 1 aromatic heterocycles. The highest BCUT2D eigenvalue weighted by molar-refractivity contribution is 5.76. The van der Waals surface area contributed by atoms with Gasteiger partial charge in [0.2, 0.25) is 5.91 Å². The van der Waals surface area contributed by atoms with Crippen molar-refractivity contribution < 1.29 is 9.32 Å². The lowest BCUT2D eigenvalue weighted by molar-refractivity contribution is -0.131. The Bertz CT molecular complexity index is 746. The third-order valence-corrected chi connectivity index (χ3v) is 6.00. The number of carbonyl (C=O) groups is 1. The van der Waals surface area contributed by atoms with Crippen molar-refractivity contribution in [1.82, 2.24) is 15.4 Å². The Balaban J connectivity index is 1.21. The molecule has 2 fully saturated rings. The van der Waals surface area contributed by atoms with Gasteiger partial charge in [0.05, 0.1) is 0 Å². The van der Waals surface area contributed by atoms with Crippen LogP contribution in [0.25, 0.3) is 11.3 Å². The van der Waals surface area contributed by atoms with Crippen molar-refractivity contribution in [2.75, 3.05) is 13.6 Å². The van der Waals surface area contributed by atoms with Gasteiger partial charge >= 0.3 is 0 Å². The van der Waals surface area contributed by atoms with Crippen molar-refractivity contribution in [3.05, 3.63) is 42.2 Å². The number of benzene rings is 1. The maximum absolute atomic E-state index is 12.5. The molecular weight excluding hydrogens is 338 g/mol. The Kier molecular flexibility index (Phi) is 5.58. The van der Waals surface area contributed by atoms with Gasteiger partial charge in [-0.2, -0.15) is 0 Å². The minimum atomic E-state index is 0.281. The fraction of sp³-hybridized carbons (Fsp3) is 0.545. The van der Waals surface area contributed by atoms with E-state index in [1.807, 2.05) is 48.3 Å². The molecule has 1 N–H and O–H groups in total. The number of nitrogens with zero attached hydrogens (tertiary/aromatic N) is 2. The third kappa shape index (κ3) is 4.59. The van der Waals surface area contributed by atoms with Crippen molar-refractivity contribution in [3.63, 3.8) is 0 Å². The molecule has 4 rings (SSSR count). The number of amides is 1. The summed E-state index contributed by atoms with van der Waals surface area (Å²) in [6.45, 7) is 0.762. The van der Waals surface area contributed by atoms with Crippen molar-refractivity contribution >= 4 is 5.91 Å². The van der Waals surface area contributed by atoms with E-state index >= 15 is 0 Å². The van der Waals surface area contributed by atoms with E-state index in [0.29, 0.717) is 24.4 Å². The average Bonchev–Trinajstić information content (AvgIpc) is 3.28. The SMILES string of the molecule is CN(CCCc1cc(-c2ccccc2)no1)C(=O)CC1CC2CCC(C1)N2. The fourth-order valence-corrected chi connectivity index (χ4v) is 4.54. The van der Waals surface area contributed by atoms with Crippen LogP contribution in [-0.2, 0) is 11.2 Å². The van der Waals surface area contributed by atoms with Gasteiger partial charge in [-0.3, -0.25) is 4.79 Å². The fourth-order valence-electron chi connectivity index (χ4n) is 4.54. The van der Waals surface area contributed by atoms with Crippen LogP contribution in [0.4, 0.5) is 0 Å². The van der Waals surface area contributed by atoms with E-state index in [0.717, 1.165) is 49.2 Å². The summed E-state index contributed by atoms with van der Waals surface area (Å²) in [4.78, 5) is 14.4. The highest BCUT2D eigenvalue weighted by Gasteiger charge is 2.34. The van der Waals surface area contributed by atoms with Crippen LogP contribution < -0.4 is 5.32 Å². The van der Waals surface area contributed by atoms with Crippen LogP contribution >= 0.6 is 0 Å². The van der Waals surface area contributed by atoms with E-state index in [-0.39, 0.29) is 5.91 Å². The summed E-state index contributed by atoms with van der Waals surface area (Å²) in [5.74, 6) is 1.72. The molecule has 2 aliphatic heterocycles. The molecule has 0 spiro atoms. The smallest absolute Gasteiger partial charge is 0.222 e. The molecular formula is C22H29N3O2. The Hall–Kier alpha value is -2.14. The number of aromatic nitrogens is 1. The zero-order valence-corrected chi connectivity index (χ0v) is 16.1. The zero-order chi connectivity index (χ0) is 18.6. The second kappa shape index (κ2) is 8.26. The number of hydrogen-bond donors (Lipinski definition) is 1. The van der Waals surface area contributed by atoms with Gasteiger partial charge in [0.1, 0.15) is 11.5 Å². The van der Waals surface area contributed by atoms with Crippen LogP contribution in [0.3, 0.4) is 0 Å². The number of piperidine rings is 1. The lowest BCUT2D eigenvalue weighted by Gasteiger charge is -2.30. The number of hydrogen-bond acceptors (Lipinski definition) is 4. The second-order valence-electron chi connectivity index (χ2n) is 8.14. The lowest BCUT2D eigenvalue weighted by Crippen LogP contribution is -2.40. The molecule has 2 aromatic rings. The van der Waals surface area contributed by atoms with Gasteiger partial charge in [-0.25, -0.2) is 0 Å². The number of rotatable bonds is 7. The summed E-state index contributed by atoms with van der Waals surface area (Å²) in [6, 6.07) is 13.3. The molecule has 5 heteroatoms. The Labute approximate surface area is 161 Å². The topological polar surface area (TPSA) is 58.4 Å². The molecule has 2 unspecified atom stereocenters. The molecule has 144 valence electrons. The summed E-state index contributed by atoms with van der Waals surface area (Å²) >= 11 is 0. The molecule has 3 heterocycles. The molecule has 2 saturated heterocycles. The maximum atomic E-state index is 12.5. The third-order valence-electron chi connectivity index (χ3n) is 6.00. The van der Waals surface area contributed by atoms with Crippen LogP contribution in [0, 0.1) is 5.92 Å². The van der Waals surface area contributed by atoms with E-state index in [9.17, 15) is 4.79 Å². The van der Waals surface area contributed by atoms with E-state index in [1.54, 1.807) is 0 Å². The Morgan fingerprint density at radius 3 is 2.70 bits per heavy atom. The molecule has 2 bridgehead atoms.